The smallest absolute Gasteiger partial charge is 0.338 e. The Bertz CT molecular complexity index is 1100. The molecule has 0 saturated heterocycles. The Morgan fingerprint density at radius 2 is 1.89 bits per heavy atom. The average Bonchev–Trinajstić information content (AvgIpc) is 2.62. The van der Waals surface area contributed by atoms with Gasteiger partial charge in [0.25, 0.3) is 0 Å². The van der Waals surface area contributed by atoms with Gasteiger partial charge in [-0.2, -0.15) is 0 Å². The van der Waals surface area contributed by atoms with Gasteiger partial charge >= 0.3 is 11.6 Å². The highest BCUT2D eigenvalue weighted by molar-refractivity contribution is 5.94. The topological polar surface area (TPSA) is 85.6 Å². The van der Waals surface area contributed by atoms with Crippen molar-refractivity contribution >= 4 is 28.5 Å². The second kappa shape index (κ2) is 7.45. The summed E-state index contributed by atoms with van der Waals surface area (Å²) in [7, 11) is 0. The van der Waals surface area contributed by atoms with Crippen LogP contribution < -0.4 is 10.9 Å². The van der Waals surface area contributed by atoms with Gasteiger partial charge in [0.05, 0.1) is 5.56 Å². The lowest BCUT2D eigenvalue weighted by Crippen LogP contribution is -2.10. The molecule has 3 rings (SSSR count). The van der Waals surface area contributed by atoms with Crippen LogP contribution in [-0.2, 0) is 16.1 Å². The molecule has 3 aromatic rings. The lowest BCUT2D eigenvalue weighted by atomic mass is 10.0. The van der Waals surface area contributed by atoms with Gasteiger partial charge in [0.2, 0.25) is 5.91 Å². The fourth-order valence-electron chi connectivity index (χ4n) is 2.80. The number of hydrogen-bond donors (Lipinski definition) is 1. The predicted octanol–water partition coefficient (Wildman–Crippen LogP) is 3.73. The third kappa shape index (κ3) is 4.06. The second-order valence-electron chi connectivity index (χ2n) is 6.31. The van der Waals surface area contributed by atoms with E-state index in [-0.39, 0.29) is 12.5 Å². The van der Waals surface area contributed by atoms with Crippen LogP contribution in [0, 0.1) is 13.8 Å². The number of anilines is 1. The highest BCUT2D eigenvalue weighted by Gasteiger charge is 2.13. The average molecular weight is 365 g/mol. The number of esters is 1. The molecule has 1 amide bonds. The monoisotopic (exact) mass is 365 g/mol. The highest BCUT2D eigenvalue weighted by atomic mass is 16.5. The van der Waals surface area contributed by atoms with Crippen molar-refractivity contribution in [2.75, 3.05) is 5.32 Å². The molecular formula is C21H19NO5. The number of hydrogen-bond acceptors (Lipinski definition) is 5. The highest BCUT2D eigenvalue weighted by Crippen LogP contribution is 2.24. The summed E-state index contributed by atoms with van der Waals surface area (Å²) in [5.74, 6) is -0.777. The number of nitrogens with one attached hydrogen (secondary N) is 1. The van der Waals surface area contributed by atoms with Gasteiger partial charge in [-0.15, -0.1) is 0 Å². The summed E-state index contributed by atoms with van der Waals surface area (Å²) in [6.45, 7) is 5.14. The third-order valence-electron chi connectivity index (χ3n) is 4.29. The number of amides is 1. The normalized spacial score (nSPS) is 10.6. The van der Waals surface area contributed by atoms with Crippen LogP contribution in [0.4, 0.5) is 5.69 Å². The molecule has 0 radical (unpaired) electrons. The zero-order valence-electron chi connectivity index (χ0n) is 15.3. The zero-order chi connectivity index (χ0) is 19.6. The van der Waals surface area contributed by atoms with E-state index in [9.17, 15) is 14.4 Å². The maximum Gasteiger partial charge on any atom is 0.338 e. The number of carbonyl (C=O) groups is 2. The number of carbonyl (C=O) groups excluding carboxylic acids is 2. The van der Waals surface area contributed by atoms with Crippen LogP contribution in [0.5, 0.6) is 0 Å². The quantitative estimate of drug-likeness (QED) is 0.562. The third-order valence-corrected chi connectivity index (χ3v) is 4.29. The first-order chi connectivity index (χ1) is 12.8. The van der Waals surface area contributed by atoms with E-state index in [1.165, 1.54) is 19.1 Å². The molecule has 6 nitrogen and oxygen atoms in total. The Labute approximate surface area is 155 Å². The van der Waals surface area contributed by atoms with Crippen LogP contribution in [-0.4, -0.2) is 11.9 Å². The summed E-state index contributed by atoms with van der Waals surface area (Å²) in [6, 6.07) is 11.6. The molecule has 1 heterocycles. The van der Waals surface area contributed by atoms with E-state index in [1.807, 2.05) is 26.0 Å². The van der Waals surface area contributed by atoms with Crippen molar-refractivity contribution in [2.45, 2.75) is 27.4 Å². The minimum atomic E-state index is -0.549. The molecular weight excluding hydrogens is 346 g/mol. The molecule has 0 bridgehead atoms. The largest absolute Gasteiger partial charge is 0.457 e. The maximum atomic E-state index is 12.4. The second-order valence-corrected chi connectivity index (χ2v) is 6.31. The van der Waals surface area contributed by atoms with Crippen molar-refractivity contribution in [1.82, 2.24) is 0 Å². The molecule has 0 aliphatic heterocycles. The Kier molecular flexibility index (Phi) is 5.07. The summed E-state index contributed by atoms with van der Waals surface area (Å²) in [5, 5.41) is 3.35. The zero-order valence-corrected chi connectivity index (χ0v) is 15.3. The van der Waals surface area contributed by atoms with Crippen molar-refractivity contribution in [2.24, 2.45) is 0 Å². The van der Waals surface area contributed by atoms with Gasteiger partial charge < -0.3 is 14.5 Å². The van der Waals surface area contributed by atoms with Crippen LogP contribution in [0.2, 0.25) is 0 Å². The fraction of sp³-hybridized carbons (Fsp3) is 0.190. The molecule has 0 aliphatic carbocycles. The molecule has 1 N–H and O–H groups in total. The van der Waals surface area contributed by atoms with Crippen molar-refractivity contribution in [3.63, 3.8) is 0 Å². The van der Waals surface area contributed by atoms with Crippen molar-refractivity contribution in [3.05, 3.63) is 75.1 Å². The van der Waals surface area contributed by atoms with Crippen LogP contribution in [0.1, 0.15) is 34.0 Å². The molecule has 0 aliphatic rings. The maximum absolute atomic E-state index is 12.4. The Morgan fingerprint density at radius 1 is 1.11 bits per heavy atom. The first-order valence-electron chi connectivity index (χ1n) is 8.43. The van der Waals surface area contributed by atoms with Gasteiger partial charge in [-0.3, -0.25) is 4.79 Å². The van der Waals surface area contributed by atoms with Gasteiger partial charge in [0.15, 0.2) is 0 Å². The molecule has 0 atom stereocenters. The molecule has 0 spiro atoms. The summed E-state index contributed by atoms with van der Waals surface area (Å²) >= 11 is 0. The minimum absolute atomic E-state index is 0.0617. The summed E-state index contributed by atoms with van der Waals surface area (Å²) < 4.78 is 10.7. The van der Waals surface area contributed by atoms with E-state index in [2.05, 4.69) is 5.32 Å². The van der Waals surface area contributed by atoms with Crippen molar-refractivity contribution in [1.29, 1.82) is 0 Å². The Hall–Kier alpha value is -3.41. The molecule has 6 heteroatoms. The molecule has 0 unspecified atom stereocenters. The van der Waals surface area contributed by atoms with Gasteiger partial charge in [0.1, 0.15) is 12.2 Å². The Morgan fingerprint density at radius 3 is 2.63 bits per heavy atom. The van der Waals surface area contributed by atoms with Gasteiger partial charge in [0, 0.05) is 29.6 Å². The predicted molar refractivity (Wildman–Crippen MR) is 102 cm³/mol. The van der Waals surface area contributed by atoms with Gasteiger partial charge in [-0.05, 0) is 43.2 Å². The molecule has 1 aromatic heterocycles. The summed E-state index contributed by atoms with van der Waals surface area (Å²) in [6.07, 6.45) is 0. The number of fused-ring (bicyclic) bond motifs is 1. The van der Waals surface area contributed by atoms with Gasteiger partial charge in [-0.1, -0.05) is 18.2 Å². The summed E-state index contributed by atoms with van der Waals surface area (Å²) in [5.41, 5.74) is 3.29. The number of rotatable bonds is 4. The lowest BCUT2D eigenvalue weighted by Gasteiger charge is -2.10. The van der Waals surface area contributed by atoms with Crippen molar-refractivity contribution in [3.8, 4) is 0 Å². The molecule has 138 valence electrons. The number of aryl methyl sites for hydroxylation is 2. The van der Waals surface area contributed by atoms with Gasteiger partial charge in [-0.25, -0.2) is 9.59 Å². The van der Waals surface area contributed by atoms with Crippen LogP contribution in [0.15, 0.2) is 51.7 Å². The van der Waals surface area contributed by atoms with E-state index in [1.54, 1.807) is 18.2 Å². The first-order valence-corrected chi connectivity index (χ1v) is 8.43. The van der Waals surface area contributed by atoms with E-state index < -0.39 is 11.6 Å². The van der Waals surface area contributed by atoms with E-state index in [4.69, 9.17) is 9.15 Å². The molecule has 27 heavy (non-hydrogen) atoms. The van der Waals surface area contributed by atoms with Crippen molar-refractivity contribution < 1.29 is 18.7 Å². The SMILES string of the molecule is CC(=O)Nc1cccc(C(=O)OCc2cc(=O)oc3c(C)c(C)ccc23)c1. The standard InChI is InChI=1S/C21H19NO5/c1-12-7-8-18-16(10-19(24)27-20(18)13(12)2)11-26-21(25)15-5-4-6-17(9-15)22-14(3)23/h4-10H,11H2,1-3H3,(H,22,23). The van der Waals surface area contributed by atoms with Crippen LogP contribution in [0.3, 0.4) is 0 Å². The minimum Gasteiger partial charge on any atom is -0.457 e. The summed E-state index contributed by atoms with van der Waals surface area (Å²) in [4.78, 5) is 35.4. The Balaban J connectivity index is 1.85. The number of ether oxygens (including phenoxy) is 1. The lowest BCUT2D eigenvalue weighted by molar-refractivity contribution is -0.114. The molecule has 2 aromatic carbocycles. The van der Waals surface area contributed by atoms with E-state index >= 15 is 0 Å². The van der Waals surface area contributed by atoms with Crippen LogP contribution in [0.25, 0.3) is 11.0 Å². The molecule has 0 saturated carbocycles. The number of benzene rings is 2. The van der Waals surface area contributed by atoms with Crippen LogP contribution >= 0.6 is 0 Å². The fourth-order valence-corrected chi connectivity index (χ4v) is 2.80. The first kappa shape index (κ1) is 18.4. The van der Waals surface area contributed by atoms with E-state index in [0.717, 1.165) is 16.5 Å². The molecule has 0 fully saturated rings. The van der Waals surface area contributed by atoms with E-state index in [0.29, 0.717) is 22.4 Å².